The average molecular weight is 230 g/mol. The fourth-order valence-corrected chi connectivity index (χ4v) is 2.34. The number of para-hydroxylation sites is 1. The summed E-state index contributed by atoms with van der Waals surface area (Å²) in [5, 5.41) is 9.01. The molecule has 2 aromatic rings. The van der Waals surface area contributed by atoms with E-state index in [1.165, 1.54) is 11.8 Å². The average Bonchev–Trinajstić information content (AvgIpc) is 2.91. The summed E-state index contributed by atoms with van der Waals surface area (Å²) >= 11 is 0. The van der Waals surface area contributed by atoms with Crippen molar-refractivity contribution in [3.63, 3.8) is 0 Å². The second-order valence-electron chi connectivity index (χ2n) is 4.33. The van der Waals surface area contributed by atoms with Gasteiger partial charge in [-0.25, -0.2) is 0 Å². The van der Waals surface area contributed by atoms with E-state index in [0.717, 1.165) is 12.1 Å². The van der Waals surface area contributed by atoms with Crippen LogP contribution in [-0.4, -0.2) is 16.1 Å². The van der Waals surface area contributed by atoms with Crippen molar-refractivity contribution >= 4 is 11.7 Å². The highest BCUT2D eigenvalue weighted by Gasteiger charge is 2.29. The van der Waals surface area contributed by atoms with Gasteiger partial charge in [0.05, 0.1) is 6.61 Å². The SMILES string of the molecule is CC1Cc2ccccc2N1c1nc(CO)co1. The lowest BCUT2D eigenvalue weighted by Crippen LogP contribution is -2.24. The molecule has 1 aliphatic heterocycles. The monoisotopic (exact) mass is 230 g/mol. The number of fused-ring (bicyclic) bond motifs is 1. The molecule has 0 aliphatic carbocycles. The number of aromatic nitrogens is 1. The molecule has 1 atom stereocenters. The predicted octanol–water partition coefficient (Wildman–Crippen LogP) is 2.25. The number of aliphatic hydroxyl groups is 1. The lowest BCUT2D eigenvalue weighted by Gasteiger charge is -2.19. The summed E-state index contributed by atoms with van der Waals surface area (Å²) in [7, 11) is 0. The molecule has 0 spiro atoms. The Labute approximate surface area is 99.5 Å². The number of nitrogens with zero attached hydrogens (tertiary/aromatic N) is 2. The van der Waals surface area contributed by atoms with E-state index < -0.39 is 0 Å². The molecule has 0 bridgehead atoms. The first kappa shape index (κ1) is 10.4. The number of benzene rings is 1. The van der Waals surface area contributed by atoms with E-state index in [1.807, 2.05) is 12.1 Å². The summed E-state index contributed by atoms with van der Waals surface area (Å²) in [6, 6.07) is 9.15. The molecular weight excluding hydrogens is 216 g/mol. The standard InChI is InChI=1S/C13H14N2O2/c1-9-6-10-4-2-3-5-12(10)15(9)13-14-11(7-16)8-17-13/h2-5,8-9,16H,6-7H2,1H3. The molecule has 0 amide bonds. The number of aliphatic hydroxyl groups excluding tert-OH is 1. The molecule has 1 unspecified atom stereocenters. The minimum atomic E-state index is -0.0899. The molecule has 4 heteroatoms. The Morgan fingerprint density at radius 3 is 3.06 bits per heavy atom. The van der Waals surface area contributed by atoms with Gasteiger partial charge in [0.2, 0.25) is 0 Å². The molecule has 1 N–H and O–H groups in total. The third kappa shape index (κ3) is 1.61. The van der Waals surface area contributed by atoms with Crippen LogP contribution in [-0.2, 0) is 13.0 Å². The molecule has 3 rings (SSSR count). The molecule has 2 heterocycles. The van der Waals surface area contributed by atoms with Crippen molar-refractivity contribution in [3.05, 3.63) is 41.8 Å². The summed E-state index contributed by atoms with van der Waals surface area (Å²) < 4.78 is 5.42. The number of hydrogen-bond donors (Lipinski definition) is 1. The van der Waals surface area contributed by atoms with Crippen LogP contribution >= 0.6 is 0 Å². The normalized spacial score (nSPS) is 18.5. The van der Waals surface area contributed by atoms with Gasteiger partial charge in [0.25, 0.3) is 0 Å². The molecule has 0 saturated heterocycles. The predicted molar refractivity (Wildman–Crippen MR) is 64.2 cm³/mol. The van der Waals surface area contributed by atoms with Gasteiger partial charge in [-0.3, -0.25) is 4.90 Å². The van der Waals surface area contributed by atoms with Crippen molar-refractivity contribution in [2.24, 2.45) is 0 Å². The second kappa shape index (κ2) is 3.89. The minimum absolute atomic E-state index is 0.0899. The summed E-state index contributed by atoms with van der Waals surface area (Å²) in [6.07, 6.45) is 2.50. The summed E-state index contributed by atoms with van der Waals surface area (Å²) in [5.74, 6) is 0. The third-order valence-corrected chi connectivity index (χ3v) is 3.11. The van der Waals surface area contributed by atoms with Crippen LogP contribution in [0.1, 0.15) is 18.2 Å². The van der Waals surface area contributed by atoms with Crippen molar-refractivity contribution in [1.82, 2.24) is 4.98 Å². The Morgan fingerprint density at radius 2 is 2.29 bits per heavy atom. The van der Waals surface area contributed by atoms with Gasteiger partial charge in [0.15, 0.2) is 0 Å². The van der Waals surface area contributed by atoms with Gasteiger partial charge in [0, 0.05) is 11.7 Å². The van der Waals surface area contributed by atoms with Crippen LogP contribution in [0.2, 0.25) is 0 Å². The Balaban J connectivity index is 2.03. The molecule has 17 heavy (non-hydrogen) atoms. The fraction of sp³-hybridized carbons (Fsp3) is 0.308. The van der Waals surface area contributed by atoms with Gasteiger partial charge in [-0.15, -0.1) is 0 Å². The Kier molecular flexibility index (Phi) is 2.37. The molecule has 88 valence electrons. The first-order chi connectivity index (χ1) is 8.29. The molecule has 1 aliphatic rings. The van der Waals surface area contributed by atoms with Gasteiger partial charge >= 0.3 is 6.01 Å². The fourth-order valence-electron chi connectivity index (χ4n) is 2.34. The largest absolute Gasteiger partial charge is 0.431 e. The maximum atomic E-state index is 9.01. The quantitative estimate of drug-likeness (QED) is 0.859. The zero-order valence-electron chi connectivity index (χ0n) is 9.63. The first-order valence-electron chi connectivity index (χ1n) is 5.72. The summed E-state index contributed by atoms with van der Waals surface area (Å²) in [6.45, 7) is 2.05. The highest BCUT2D eigenvalue weighted by molar-refractivity contribution is 5.66. The molecule has 0 saturated carbocycles. The van der Waals surface area contributed by atoms with Crippen molar-refractivity contribution in [2.75, 3.05) is 4.90 Å². The van der Waals surface area contributed by atoms with Crippen LogP contribution in [0.15, 0.2) is 34.9 Å². The van der Waals surface area contributed by atoms with Gasteiger partial charge in [-0.1, -0.05) is 18.2 Å². The summed E-state index contributed by atoms with van der Waals surface area (Å²) in [5.41, 5.74) is 3.02. The number of rotatable bonds is 2. The van der Waals surface area contributed by atoms with Gasteiger partial charge in [0.1, 0.15) is 12.0 Å². The maximum Gasteiger partial charge on any atom is 0.302 e. The summed E-state index contributed by atoms with van der Waals surface area (Å²) in [4.78, 5) is 6.35. The number of oxazole rings is 1. The van der Waals surface area contributed by atoms with Crippen molar-refractivity contribution < 1.29 is 9.52 Å². The van der Waals surface area contributed by atoms with E-state index in [1.54, 1.807) is 0 Å². The first-order valence-corrected chi connectivity index (χ1v) is 5.72. The molecule has 4 nitrogen and oxygen atoms in total. The lowest BCUT2D eigenvalue weighted by atomic mass is 10.1. The van der Waals surface area contributed by atoms with Crippen LogP contribution in [0.25, 0.3) is 0 Å². The number of hydrogen-bond acceptors (Lipinski definition) is 4. The van der Waals surface area contributed by atoms with E-state index in [4.69, 9.17) is 9.52 Å². The number of anilines is 2. The molecule has 0 fully saturated rings. The second-order valence-corrected chi connectivity index (χ2v) is 4.33. The Morgan fingerprint density at radius 1 is 1.47 bits per heavy atom. The topological polar surface area (TPSA) is 49.5 Å². The highest BCUT2D eigenvalue weighted by atomic mass is 16.4. The van der Waals surface area contributed by atoms with Gasteiger partial charge < -0.3 is 9.52 Å². The molecule has 1 aromatic heterocycles. The van der Waals surface area contributed by atoms with Crippen molar-refractivity contribution in [1.29, 1.82) is 0 Å². The Hall–Kier alpha value is -1.81. The van der Waals surface area contributed by atoms with E-state index >= 15 is 0 Å². The van der Waals surface area contributed by atoms with E-state index in [2.05, 4.69) is 28.9 Å². The van der Waals surface area contributed by atoms with Gasteiger partial charge in [-0.05, 0) is 25.0 Å². The zero-order chi connectivity index (χ0) is 11.8. The van der Waals surface area contributed by atoms with Crippen molar-refractivity contribution in [2.45, 2.75) is 26.0 Å². The van der Waals surface area contributed by atoms with Crippen LogP contribution in [0.5, 0.6) is 0 Å². The van der Waals surface area contributed by atoms with Crippen LogP contribution in [0.4, 0.5) is 11.7 Å². The molecule has 1 aromatic carbocycles. The van der Waals surface area contributed by atoms with E-state index in [0.29, 0.717) is 17.8 Å². The third-order valence-electron chi connectivity index (χ3n) is 3.11. The lowest BCUT2D eigenvalue weighted by molar-refractivity contribution is 0.276. The molecular formula is C13H14N2O2. The smallest absolute Gasteiger partial charge is 0.302 e. The van der Waals surface area contributed by atoms with E-state index in [9.17, 15) is 0 Å². The van der Waals surface area contributed by atoms with Crippen LogP contribution in [0, 0.1) is 0 Å². The maximum absolute atomic E-state index is 9.01. The van der Waals surface area contributed by atoms with Crippen LogP contribution in [0.3, 0.4) is 0 Å². The Bertz CT molecular complexity index is 536. The van der Waals surface area contributed by atoms with E-state index in [-0.39, 0.29) is 6.61 Å². The van der Waals surface area contributed by atoms with Crippen molar-refractivity contribution in [3.8, 4) is 0 Å². The van der Waals surface area contributed by atoms with Gasteiger partial charge in [-0.2, -0.15) is 4.98 Å². The molecule has 0 radical (unpaired) electrons. The minimum Gasteiger partial charge on any atom is -0.431 e. The zero-order valence-corrected chi connectivity index (χ0v) is 9.63. The highest BCUT2D eigenvalue weighted by Crippen LogP contribution is 2.37. The van der Waals surface area contributed by atoms with Crippen LogP contribution < -0.4 is 4.90 Å².